The summed E-state index contributed by atoms with van der Waals surface area (Å²) in [7, 11) is 0. The van der Waals surface area contributed by atoms with Gasteiger partial charge in [-0.15, -0.1) is 11.3 Å². The summed E-state index contributed by atoms with van der Waals surface area (Å²) in [6.07, 6.45) is 0. The first-order valence-electron chi connectivity index (χ1n) is 6.10. The quantitative estimate of drug-likeness (QED) is 0.869. The van der Waals surface area contributed by atoms with Crippen molar-refractivity contribution >= 4 is 33.2 Å². The van der Waals surface area contributed by atoms with E-state index in [0.717, 1.165) is 14.9 Å². The standard InChI is InChI=1S/C15H16BrNOS/c1-9-8-14(19-11(9)3)15(18)17-10(2)12-4-6-13(16)7-5-12/h4-8,10H,1-3H3,(H,17,18)/t10-/m0/s1. The third-order valence-electron chi connectivity index (χ3n) is 3.11. The third-order valence-corrected chi connectivity index (χ3v) is 4.79. The fourth-order valence-corrected chi connectivity index (χ4v) is 2.99. The first-order chi connectivity index (χ1) is 8.97. The molecule has 0 fully saturated rings. The van der Waals surface area contributed by atoms with E-state index in [-0.39, 0.29) is 11.9 Å². The molecule has 0 bridgehead atoms. The zero-order valence-corrected chi connectivity index (χ0v) is 13.6. The molecule has 0 aliphatic heterocycles. The van der Waals surface area contributed by atoms with Crippen molar-refractivity contribution in [1.82, 2.24) is 5.32 Å². The van der Waals surface area contributed by atoms with Gasteiger partial charge in [-0.25, -0.2) is 0 Å². The van der Waals surface area contributed by atoms with Crippen molar-refractivity contribution in [3.63, 3.8) is 0 Å². The Labute approximate surface area is 126 Å². The lowest BCUT2D eigenvalue weighted by molar-refractivity contribution is 0.0944. The normalized spacial score (nSPS) is 12.2. The molecule has 19 heavy (non-hydrogen) atoms. The van der Waals surface area contributed by atoms with Gasteiger partial charge in [0.15, 0.2) is 0 Å². The SMILES string of the molecule is Cc1cc(C(=O)N[C@@H](C)c2ccc(Br)cc2)sc1C. The molecule has 1 atom stereocenters. The van der Waals surface area contributed by atoms with Gasteiger partial charge in [0.2, 0.25) is 0 Å². The number of aryl methyl sites for hydroxylation is 2. The Kier molecular flexibility index (Phi) is 4.42. The molecule has 0 aliphatic carbocycles. The molecule has 1 heterocycles. The van der Waals surface area contributed by atoms with Gasteiger partial charge >= 0.3 is 0 Å². The highest BCUT2D eigenvalue weighted by Crippen LogP contribution is 2.22. The Balaban J connectivity index is 2.08. The molecule has 1 N–H and O–H groups in total. The molecule has 0 radical (unpaired) electrons. The van der Waals surface area contributed by atoms with Crippen molar-refractivity contribution in [3.8, 4) is 0 Å². The van der Waals surface area contributed by atoms with E-state index in [1.165, 1.54) is 10.4 Å². The molecule has 1 amide bonds. The molecule has 1 aromatic carbocycles. The summed E-state index contributed by atoms with van der Waals surface area (Å²) in [4.78, 5) is 14.1. The zero-order chi connectivity index (χ0) is 14.0. The summed E-state index contributed by atoms with van der Waals surface area (Å²) >= 11 is 4.95. The lowest BCUT2D eigenvalue weighted by Gasteiger charge is -2.13. The zero-order valence-electron chi connectivity index (χ0n) is 11.2. The van der Waals surface area contributed by atoms with Crippen LogP contribution in [0.4, 0.5) is 0 Å². The smallest absolute Gasteiger partial charge is 0.261 e. The number of nitrogens with one attached hydrogen (secondary N) is 1. The Morgan fingerprint density at radius 2 is 1.89 bits per heavy atom. The van der Waals surface area contributed by atoms with E-state index in [9.17, 15) is 4.79 Å². The average molecular weight is 338 g/mol. The number of amides is 1. The van der Waals surface area contributed by atoms with Crippen molar-refractivity contribution in [2.45, 2.75) is 26.8 Å². The number of hydrogen-bond acceptors (Lipinski definition) is 2. The topological polar surface area (TPSA) is 29.1 Å². The predicted octanol–water partition coefficient (Wildman–Crippen LogP) is 4.62. The number of carbonyl (C=O) groups is 1. The van der Waals surface area contributed by atoms with E-state index in [1.807, 2.05) is 51.1 Å². The van der Waals surface area contributed by atoms with Crippen LogP contribution >= 0.6 is 27.3 Å². The maximum atomic E-state index is 12.2. The second kappa shape index (κ2) is 5.88. The molecule has 100 valence electrons. The molecule has 2 nitrogen and oxygen atoms in total. The Morgan fingerprint density at radius 1 is 1.26 bits per heavy atom. The van der Waals surface area contributed by atoms with Crippen LogP contribution in [-0.4, -0.2) is 5.91 Å². The van der Waals surface area contributed by atoms with E-state index in [4.69, 9.17) is 0 Å². The summed E-state index contributed by atoms with van der Waals surface area (Å²) in [6.45, 7) is 6.06. The summed E-state index contributed by atoms with van der Waals surface area (Å²) < 4.78 is 1.04. The van der Waals surface area contributed by atoms with Crippen LogP contribution in [0.15, 0.2) is 34.8 Å². The second-order valence-corrected chi connectivity index (χ2v) is 6.77. The van der Waals surface area contributed by atoms with Crippen molar-refractivity contribution < 1.29 is 4.79 Å². The van der Waals surface area contributed by atoms with Crippen LogP contribution in [0.1, 0.15) is 38.6 Å². The van der Waals surface area contributed by atoms with Crippen LogP contribution in [0.2, 0.25) is 0 Å². The van der Waals surface area contributed by atoms with Crippen molar-refractivity contribution in [2.75, 3.05) is 0 Å². The molecule has 0 aliphatic rings. The fourth-order valence-electron chi connectivity index (χ4n) is 1.79. The Bertz CT molecular complexity index is 569. The second-order valence-electron chi connectivity index (χ2n) is 4.60. The highest BCUT2D eigenvalue weighted by atomic mass is 79.9. The highest BCUT2D eigenvalue weighted by molar-refractivity contribution is 9.10. The summed E-state index contributed by atoms with van der Waals surface area (Å²) in [5.74, 6) is -0.00313. The monoisotopic (exact) mass is 337 g/mol. The van der Waals surface area contributed by atoms with Crippen molar-refractivity contribution in [3.05, 3.63) is 55.7 Å². The molecular formula is C15H16BrNOS. The average Bonchev–Trinajstić information content (AvgIpc) is 2.70. The van der Waals surface area contributed by atoms with E-state index >= 15 is 0 Å². The molecule has 0 spiro atoms. The van der Waals surface area contributed by atoms with Gasteiger partial charge in [0, 0.05) is 9.35 Å². The molecule has 2 rings (SSSR count). The van der Waals surface area contributed by atoms with Crippen molar-refractivity contribution in [2.24, 2.45) is 0 Å². The molecule has 4 heteroatoms. The van der Waals surface area contributed by atoms with Gasteiger partial charge in [-0.3, -0.25) is 4.79 Å². The lowest BCUT2D eigenvalue weighted by Crippen LogP contribution is -2.25. The molecular weight excluding hydrogens is 322 g/mol. The number of thiophene rings is 1. The van der Waals surface area contributed by atoms with Crippen LogP contribution in [0.25, 0.3) is 0 Å². The third kappa shape index (κ3) is 3.45. The lowest BCUT2D eigenvalue weighted by atomic mass is 10.1. The van der Waals surface area contributed by atoms with E-state index in [0.29, 0.717) is 0 Å². The number of halogens is 1. The van der Waals surface area contributed by atoms with Gasteiger partial charge in [-0.1, -0.05) is 28.1 Å². The maximum Gasteiger partial charge on any atom is 0.261 e. The van der Waals surface area contributed by atoms with Crippen LogP contribution in [0.3, 0.4) is 0 Å². The molecule has 0 saturated carbocycles. The van der Waals surface area contributed by atoms with Crippen LogP contribution in [0.5, 0.6) is 0 Å². The molecule has 0 saturated heterocycles. The molecule has 2 aromatic rings. The first kappa shape index (κ1) is 14.3. The minimum absolute atomic E-state index is 0.00307. The van der Waals surface area contributed by atoms with Gasteiger partial charge in [0.25, 0.3) is 5.91 Å². The number of carbonyl (C=O) groups excluding carboxylic acids is 1. The van der Waals surface area contributed by atoms with Gasteiger partial charge in [0.05, 0.1) is 10.9 Å². The minimum Gasteiger partial charge on any atom is -0.345 e. The van der Waals surface area contributed by atoms with Crippen LogP contribution in [0, 0.1) is 13.8 Å². The first-order valence-corrected chi connectivity index (χ1v) is 7.71. The van der Waals surface area contributed by atoms with Gasteiger partial charge in [0.1, 0.15) is 0 Å². The Morgan fingerprint density at radius 3 is 2.42 bits per heavy atom. The van der Waals surface area contributed by atoms with Crippen LogP contribution < -0.4 is 5.32 Å². The highest BCUT2D eigenvalue weighted by Gasteiger charge is 2.14. The molecule has 0 unspecified atom stereocenters. The van der Waals surface area contributed by atoms with Gasteiger partial charge in [-0.2, -0.15) is 0 Å². The van der Waals surface area contributed by atoms with Crippen molar-refractivity contribution in [1.29, 1.82) is 0 Å². The summed E-state index contributed by atoms with van der Waals surface area (Å²) in [5.41, 5.74) is 2.27. The van der Waals surface area contributed by atoms with Crippen LogP contribution in [-0.2, 0) is 0 Å². The van der Waals surface area contributed by atoms with E-state index < -0.39 is 0 Å². The molecule has 1 aromatic heterocycles. The van der Waals surface area contributed by atoms with Gasteiger partial charge < -0.3 is 5.32 Å². The summed E-state index contributed by atoms with van der Waals surface area (Å²) in [5, 5.41) is 3.03. The number of benzene rings is 1. The van der Waals surface area contributed by atoms with E-state index in [1.54, 1.807) is 11.3 Å². The maximum absolute atomic E-state index is 12.2. The number of rotatable bonds is 3. The fraction of sp³-hybridized carbons (Fsp3) is 0.267. The van der Waals surface area contributed by atoms with Gasteiger partial charge in [-0.05, 0) is 50.1 Å². The summed E-state index contributed by atoms with van der Waals surface area (Å²) in [6, 6.07) is 9.95. The Hall–Kier alpha value is -1.13. The predicted molar refractivity (Wildman–Crippen MR) is 83.8 cm³/mol. The number of hydrogen-bond donors (Lipinski definition) is 1. The largest absolute Gasteiger partial charge is 0.345 e. The van der Waals surface area contributed by atoms with E-state index in [2.05, 4.69) is 21.2 Å². The minimum atomic E-state index is -0.00313.